The van der Waals surface area contributed by atoms with Gasteiger partial charge < -0.3 is 14.2 Å². The van der Waals surface area contributed by atoms with Gasteiger partial charge in [-0.1, -0.05) is 24.3 Å². The summed E-state index contributed by atoms with van der Waals surface area (Å²) in [5.74, 6) is 2.51. The highest BCUT2D eigenvalue weighted by Gasteiger charge is 2.50. The van der Waals surface area contributed by atoms with Crippen LogP contribution in [0.4, 0.5) is 0 Å². The third-order valence-corrected chi connectivity index (χ3v) is 6.10. The number of nitrogens with zero attached hydrogens (tertiary/aromatic N) is 1. The first-order valence-electron chi connectivity index (χ1n) is 10.1. The molecule has 2 aromatic carbocycles. The number of rotatable bonds is 6. The molecule has 1 aromatic heterocycles. The third kappa shape index (κ3) is 3.20. The normalized spacial score (nSPS) is 15.7. The molecule has 0 unspecified atom stereocenters. The SMILES string of the molecule is COc1ccc(-c2ccc(CC(=O)C3(c4ccc5c(c4)OCO5)CC3)nc2C)cc1. The van der Waals surface area contributed by atoms with Crippen molar-refractivity contribution in [2.45, 2.75) is 31.6 Å². The highest BCUT2D eigenvalue weighted by atomic mass is 16.7. The zero-order valence-corrected chi connectivity index (χ0v) is 17.1. The maximum absolute atomic E-state index is 13.2. The zero-order chi connectivity index (χ0) is 20.7. The number of aromatic nitrogens is 1. The number of benzene rings is 2. The molecule has 1 saturated carbocycles. The van der Waals surface area contributed by atoms with E-state index in [-0.39, 0.29) is 12.6 Å². The van der Waals surface area contributed by atoms with Crippen molar-refractivity contribution in [3.63, 3.8) is 0 Å². The lowest BCUT2D eigenvalue weighted by Gasteiger charge is -2.15. The summed E-state index contributed by atoms with van der Waals surface area (Å²) in [4.78, 5) is 17.9. The van der Waals surface area contributed by atoms with Crippen LogP contribution in [-0.2, 0) is 16.6 Å². The molecule has 0 amide bonds. The fraction of sp³-hybridized carbons (Fsp3) is 0.280. The van der Waals surface area contributed by atoms with Crippen LogP contribution in [-0.4, -0.2) is 24.7 Å². The van der Waals surface area contributed by atoms with Gasteiger partial charge in [0.2, 0.25) is 6.79 Å². The number of Topliss-reactive ketones (excluding diaryl/α,β-unsaturated/α-hetero) is 1. The van der Waals surface area contributed by atoms with E-state index < -0.39 is 5.41 Å². The van der Waals surface area contributed by atoms with Gasteiger partial charge in [0.05, 0.1) is 12.5 Å². The second-order valence-corrected chi connectivity index (χ2v) is 7.91. The summed E-state index contributed by atoms with van der Waals surface area (Å²) in [7, 11) is 1.66. The molecule has 1 aliphatic heterocycles. The minimum absolute atomic E-state index is 0.213. The van der Waals surface area contributed by atoms with Crippen molar-refractivity contribution in [3.8, 4) is 28.4 Å². The Balaban J connectivity index is 1.35. The molecule has 152 valence electrons. The summed E-state index contributed by atoms with van der Waals surface area (Å²) in [6.45, 7) is 2.22. The van der Waals surface area contributed by atoms with E-state index in [1.807, 2.05) is 61.5 Å². The highest BCUT2D eigenvalue weighted by molar-refractivity contribution is 5.94. The molecule has 0 N–H and O–H groups in total. The Bertz CT molecular complexity index is 1120. The molecule has 1 fully saturated rings. The second kappa shape index (κ2) is 7.17. The highest BCUT2D eigenvalue weighted by Crippen LogP contribution is 2.51. The Kier molecular flexibility index (Phi) is 4.46. The van der Waals surface area contributed by atoms with Crippen LogP contribution >= 0.6 is 0 Å². The van der Waals surface area contributed by atoms with Crippen molar-refractivity contribution in [2.24, 2.45) is 0 Å². The molecule has 1 aliphatic carbocycles. The van der Waals surface area contributed by atoms with E-state index in [4.69, 9.17) is 19.2 Å². The molecule has 5 heteroatoms. The van der Waals surface area contributed by atoms with Gasteiger partial charge in [-0.15, -0.1) is 0 Å². The number of pyridine rings is 1. The number of ether oxygens (including phenoxy) is 3. The van der Waals surface area contributed by atoms with E-state index in [1.54, 1.807) is 7.11 Å². The zero-order valence-electron chi connectivity index (χ0n) is 17.1. The lowest BCUT2D eigenvalue weighted by Crippen LogP contribution is -2.23. The summed E-state index contributed by atoms with van der Waals surface area (Å²) in [6.07, 6.45) is 2.07. The standard InChI is InChI=1S/C25H23NO4/c1-16-21(17-3-7-20(28-2)8-4-17)9-6-19(26-16)14-24(27)25(11-12-25)18-5-10-22-23(13-18)30-15-29-22/h3-10,13H,11-12,14-15H2,1-2H3. The molecule has 5 rings (SSSR count). The Morgan fingerprint density at radius 1 is 1.03 bits per heavy atom. The van der Waals surface area contributed by atoms with Crippen LogP contribution in [0.1, 0.15) is 29.8 Å². The van der Waals surface area contributed by atoms with Crippen LogP contribution in [0, 0.1) is 6.92 Å². The first-order valence-corrected chi connectivity index (χ1v) is 10.1. The maximum Gasteiger partial charge on any atom is 0.231 e. The molecule has 30 heavy (non-hydrogen) atoms. The molecule has 0 radical (unpaired) electrons. The van der Waals surface area contributed by atoms with Crippen molar-refractivity contribution in [2.75, 3.05) is 13.9 Å². The average molecular weight is 401 g/mol. The van der Waals surface area contributed by atoms with Crippen molar-refractivity contribution in [3.05, 3.63) is 71.5 Å². The van der Waals surface area contributed by atoms with Crippen LogP contribution in [0.5, 0.6) is 17.2 Å². The summed E-state index contributed by atoms with van der Waals surface area (Å²) in [6, 6.07) is 17.8. The van der Waals surface area contributed by atoms with Gasteiger partial charge in [-0.25, -0.2) is 0 Å². The fourth-order valence-electron chi connectivity index (χ4n) is 4.17. The first-order chi connectivity index (χ1) is 14.6. The number of hydrogen-bond acceptors (Lipinski definition) is 5. The molecule has 0 atom stereocenters. The number of carbonyl (C=O) groups is 1. The third-order valence-electron chi connectivity index (χ3n) is 6.10. The number of methoxy groups -OCH3 is 1. The van der Waals surface area contributed by atoms with Gasteiger partial charge in [0.15, 0.2) is 11.5 Å². The lowest BCUT2D eigenvalue weighted by molar-refractivity contribution is -0.120. The quantitative estimate of drug-likeness (QED) is 0.602. The van der Waals surface area contributed by atoms with Gasteiger partial charge in [-0.05, 0) is 61.2 Å². The van der Waals surface area contributed by atoms with Crippen LogP contribution in [0.25, 0.3) is 11.1 Å². The first kappa shape index (κ1) is 18.7. The largest absolute Gasteiger partial charge is 0.497 e. The van der Waals surface area contributed by atoms with E-state index in [1.165, 1.54) is 0 Å². The molecule has 3 aromatic rings. The van der Waals surface area contributed by atoms with Crippen LogP contribution in [0.2, 0.25) is 0 Å². The van der Waals surface area contributed by atoms with Crippen LogP contribution in [0.3, 0.4) is 0 Å². The number of fused-ring (bicyclic) bond motifs is 1. The van der Waals surface area contributed by atoms with Gasteiger partial charge in [0, 0.05) is 23.4 Å². The van der Waals surface area contributed by atoms with E-state index >= 15 is 0 Å². The summed E-state index contributed by atoms with van der Waals surface area (Å²) in [5, 5.41) is 0. The number of aryl methyl sites for hydroxylation is 1. The molecule has 0 saturated heterocycles. The smallest absolute Gasteiger partial charge is 0.231 e. The lowest BCUT2D eigenvalue weighted by atomic mass is 9.88. The van der Waals surface area contributed by atoms with E-state index in [2.05, 4.69) is 0 Å². The fourth-order valence-corrected chi connectivity index (χ4v) is 4.17. The number of hydrogen-bond donors (Lipinski definition) is 0. The Hall–Kier alpha value is -3.34. The van der Waals surface area contributed by atoms with Crippen molar-refractivity contribution in [1.29, 1.82) is 0 Å². The topological polar surface area (TPSA) is 57.7 Å². The minimum Gasteiger partial charge on any atom is -0.497 e. The van der Waals surface area contributed by atoms with E-state index in [0.29, 0.717) is 6.42 Å². The van der Waals surface area contributed by atoms with Crippen molar-refractivity contribution >= 4 is 5.78 Å². The van der Waals surface area contributed by atoms with Crippen molar-refractivity contribution < 1.29 is 19.0 Å². The molecular weight excluding hydrogens is 378 g/mol. The van der Waals surface area contributed by atoms with Gasteiger partial charge in [0.1, 0.15) is 11.5 Å². The molecule has 0 bridgehead atoms. The molecule has 5 nitrogen and oxygen atoms in total. The van der Waals surface area contributed by atoms with Gasteiger partial charge >= 0.3 is 0 Å². The molecule has 2 heterocycles. The van der Waals surface area contributed by atoms with Gasteiger partial charge in [-0.3, -0.25) is 9.78 Å². The predicted octanol–water partition coefficient (Wildman–Crippen LogP) is 4.64. The monoisotopic (exact) mass is 401 g/mol. The predicted molar refractivity (Wildman–Crippen MR) is 113 cm³/mol. The van der Waals surface area contributed by atoms with E-state index in [9.17, 15) is 4.79 Å². The van der Waals surface area contributed by atoms with Crippen molar-refractivity contribution in [1.82, 2.24) is 4.98 Å². The molecule has 0 spiro atoms. The molecule has 2 aliphatic rings. The van der Waals surface area contributed by atoms with Crippen LogP contribution in [0.15, 0.2) is 54.6 Å². The Morgan fingerprint density at radius 3 is 2.50 bits per heavy atom. The second-order valence-electron chi connectivity index (χ2n) is 7.91. The summed E-state index contributed by atoms with van der Waals surface area (Å²) < 4.78 is 16.1. The number of carbonyl (C=O) groups excluding carboxylic acids is 1. The Morgan fingerprint density at radius 2 is 1.80 bits per heavy atom. The van der Waals surface area contributed by atoms with Gasteiger partial charge in [0.25, 0.3) is 0 Å². The Labute approximate surface area is 175 Å². The van der Waals surface area contributed by atoms with Crippen LogP contribution < -0.4 is 14.2 Å². The average Bonchev–Trinajstić information content (AvgIpc) is 3.45. The summed E-state index contributed by atoms with van der Waals surface area (Å²) >= 11 is 0. The molecular formula is C25H23NO4. The van der Waals surface area contributed by atoms with E-state index in [0.717, 1.165) is 58.2 Å². The minimum atomic E-state index is -0.411. The number of ketones is 1. The maximum atomic E-state index is 13.2. The summed E-state index contributed by atoms with van der Waals surface area (Å²) in [5.41, 5.74) is 4.47. The van der Waals surface area contributed by atoms with Gasteiger partial charge in [-0.2, -0.15) is 0 Å².